The number of nitrogens with zero attached hydrogens (tertiary/aromatic N) is 2. The van der Waals surface area contributed by atoms with Crippen molar-refractivity contribution in [2.75, 3.05) is 0 Å². The van der Waals surface area contributed by atoms with Gasteiger partial charge in [-0.1, -0.05) is 37.1 Å². The van der Waals surface area contributed by atoms with Gasteiger partial charge in [0.15, 0.2) is 0 Å². The van der Waals surface area contributed by atoms with Gasteiger partial charge < -0.3 is 9.63 Å². The molecule has 0 unspecified atom stereocenters. The Bertz CT molecular complexity index is 546. The molecule has 0 atom stereocenters. The van der Waals surface area contributed by atoms with Crippen LogP contribution in [-0.2, 0) is 6.42 Å². The van der Waals surface area contributed by atoms with Gasteiger partial charge in [0.25, 0.3) is 0 Å². The van der Waals surface area contributed by atoms with E-state index in [-0.39, 0.29) is 5.56 Å². The number of rotatable bonds is 6. The number of unbranched alkanes of at least 4 members (excludes halogenated alkanes) is 2. The lowest BCUT2D eigenvalue weighted by molar-refractivity contribution is 0.0697. The van der Waals surface area contributed by atoms with Crippen LogP contribution < -0.4 is 0 Å². The van der Waals surface area contributed by atoms with Crippen molar-refractivity contribution >= 4 is 5.97 Å². The second-order valence-electron chi connectivity index (χ2n) is 4.35. The summed E-state index contributed by atoms with van der Waals surface area (Å²) in [4.78, 5) is 15.1. The molecule has 0 aliphatic heterocycles. The van der Waals surface area contributed by atoms with E-state index in [1.54, 1.807) is 12.1 Å². The van der Waals surface area contributed by atoms with Gasteiger partial charge in [-0.15, -0.1) is 0 Å². The maximum atomic E-state index is 10.7. The van der Waals surface area contributed by atoms with Gasteiger partial charge in [0.2, 0.25) is 11.7 Å². The summed E-state index contributed by atoms with van der Waals surface area (Å²) in [6, 6.07) is 6.43. The highest BCUT2D eigenvalue weighted by Gasteiger charge is 2.09. The number of carbonyl (C=O) groups is 1. The number of benzene rings is 1. The van der Waals surface area contributed by atoms with Crippen molar-refractivity contribution in [1.82, 2.24) is 10.1 Å². The summed E-state index contributed by atoms with van der Waals surface area (Å²) in [5, 5.41) is 12.7. The van der Waals surface area contributed by atoms with Crippen LogP contribution >= 0.6 is 0 Å². The molecule has 0 bridgehead atoms. The Morgan fingerprint density at radius 1 is 1.26 bits per heavy atom. The molecule has 0 amide bonds. The van der Waals surface area contributed by atoms with Gasteiger partial charge >= 0.3 is 5.97 Å². The van der Waals surface area contributed by atoms with E-state index in [1.807, 2.05) is 0 Å². The predicted octanol–water partition coefficient (Wildman–Crippen LogP) is 3.17. The largest absolute Gasteiger partial charge is 0.478 e. The first-order chi connectivity index (χ1) is 9.20. The van der Waals surface area contributed by atoms with Crippen molar-refractivity contribution < 1.29 is 14.4 Å². The number of hydrogen-bond acceptors (Lipinski definition) is 4. The highest BCUT2D eigenvalue weighted by atomic mass is 16.5. The Balaban J connectivity index is 2.07. The molecular weight excluding hydrogens is 244 g/mol. The third-order valence-electron chi connectivity index (χ3n) is 2.85. The summed E-state index contributed by atoms with van der Waals surface area (Å²) in [6.07, 6.45) is 4.12. The molecule has 1 aromatic carbocycles. The summed E-state index contributed by atoms with van der Waals surface area (Å²) in [6.45, 7) is 2.14. The molecule has 0 spiro atoms. The SMILES string of the molecule is CCCCCc1nc(-c2ccc(C(=O)O)cc2)no1. The molecule has 2 aromatic rings. The summed E-state index contributed by atoms with van der Waals surface area (Å²) in [7, 11) is 0. The molecule has 0 fully saturated rings. The zero-order chi connectivity index (χ0) is 13.7. The molecule has 0 saturated carbocycles. The number of carboxylic acid groups (broad SMARTS) is 1. The Hall–Kier alpha value is -2.17. The minimum absolute atomic E-state index is 0.246. The molecule has 0 aliphatic carbocycles. The van der Waals surface area contributed by atoms with E-state index in [9.17, 15) is 4.79 Å². The minimum Gasteiger partial charge on any atom is -0.478 e. The van der Waals surface area contributed by atoms with E-state index in [2.05, 4.69) is 17.1 Å². The lowest BCUT2D eigenvalue weighted by Gasteiger charge is -1.96. The van der Waals surface area contributed by atoms with E-state index in [0.29, 0.717) is 11.7 Å². The molecule has 0 aliphatic rings. The fourth-order valence-corrected chi connectivity index (χ4v) is 1.76. The Kier molecular flexibility index (Phi) is 4.28. The van der Waals surface area contributed by atoms with Gasteiger partial charge in [0, 0.05) is 12.0 Å². The summed E-state index contributed by atoms with van der Waals surface area (Å²) in [5.41, 5.74) is 1.01. The molecule has 0 saturated heterocycles. The van der Waals surface area contributed by atoms with E-state index in [1.165, 1.54) is 12.1 Å². The van der Waals surface area contributed by atoms with Gasteiger partial charge in [-0.25, -0.2) is 4.79 Å². The molecule has 2 rings (SSSR count). The van der Waals surface area contributed by atoms with Crippen molar-refractivity contribution in [3.05, 3.63) is 35.7 Å². The molecule has 5 heteroatoms. The average molecular weight is 260 g/mol. The number of hydrogen-bond donors (Lipinski definition) is 1. The quantitative estimate of drug-likeness (QED) is 0.807. The lowest BCUT2D eigenvalue weighted by atomic mass is 10.1. The third kappa shape index (κ3) is 3.40. The average Bonchev–Trinajstić information content (AvgIpc) is 2.88. The minimum atomic E-state index is -0.945. The standard InChI is InChI=1S/C14H16N2O3/c1-2-3-4-5-12-15-13(16-19-12)10-6-8-11(9-7-10)14(17)18/h6-9H,2-5H2,1H3,(H,17,18). The monoisotopic (exact) mass is 260 g/mol. The van der Waals surface area contributed by atoms with Gasteiger partial charge in [-0.3, -0.25) is 0 Å². The second kappa shape index (κ2) is 6.13. The molecule has 0 radical (unpaired) electrons. The molecule has 1 aromatic heterocycles. The van der Waals surface area contributed by atoms with Crippen molar-refractivity contribution in [2.24, 2.45) is 0 Å². The van der Waals surface area contributed by atoms with Crippen molar-refractivity contribution in [3.8, 4) is 11.4 Å². The predicted molar refractivity (Wildman–Crippen MR) is 69.9 cm³/mol. The molecule has 100 valence electrons. The first kappa shape index (κ1) is 13.3. The van der Waals surface area contributed by atoms with Crippen LogP contribution in [0, 0.1) is 0 Å². The van der Waals surface area contributed by atoms with Crippen LogP contribution in [0.3, 0.4) is 0 Å². The van der Waals surface area contributed by atoms with Crippen LogP contribution in [0.25, 0.3) is 11.4 Å². The zero-order valence-corrected chi connectivity index (χ0v) is 10.8. The van der Waals surface area contributed by atoms with Crippen molar-refractivity contribution in [2.45, 2.75) is 32.6 Å². The Morgan fingerprint density at radius 3 is 2.63 bits per heavy atom. The first-order valence-corrected chi connectivity index (χ1v) is 6.37. The van der Waals surface area contributed by atoms with E-state index in [4.69, 9.17) is 9.63 Å². The summed E-state index contributed by atoms with van der Waals surface area (Å²) in [5.74, 6) is 0.189. The number of aromatic nitrogens is 2. The molecule has 5 nitrogen and oxygen atoms in total. The highest BCUT2D eigenvalue weighted by molar-refractivity contribution is 5.88. The van der Waals surface area contributed by atoms with Crippen LogP contribution in [0.4, 0.5) is 0 Å². The van der Waals surface area contributed by atoms with Gasteiger partial charge in [-0.05, 0) is 18.6 Å². The lowest BCUT2D eigenvalue weighted by Crippen LogP contribution is -1.95. The fourth-order valence-electron chi connectivity index (χ4n) is 1.76. The Morgan fingerprint density at radius 2 is 2.00 bits per heavy atom. The Labute approximate surface area is 111 Å². The van der Waals surface area contributed by atoms with Gasteiger partial charge in [0.1, 0.15) is 0 Å². The molecular formula is C14H16N2O3. The summed E-state index contributed by atoms with van der Waals surface area (Å²) >= 11 is 0. The number of carboxylic acids is 1. The van der Waals surface area contributed by atoms with E-state index < -0.39 is 5.97 Å². The first-order valence-electron chi connectivity index (χ1n) is 6.37. The van der Waals surface area contributed by atoms with Gasteiger partial charge in [-0.2, -0.15) is 4.98 Å². The van der Waals surface area contributed by atoms with Crippen LogP contribution in [0.5, 0.6) is 0 Å². The zero-order valence-electron chi connectivity index (χ0n) is 10.8. The van der Waals surface area contributed by atoms with Crippen molar-refractivity contribution in [1.29, 1.82) is 0 Å². The van der Waals surface area contributed by atoms with Crippen LogP contribution in [0.15, 0.2) is 28.8 Å². The normalized spacial score (nSPS) is 10.6. The fraction of sp³-hybridized carbons (Fsp3) is 0.357. The van der Waals surface area contributed by atoms with Crippen LogP contribution in [0.1, 0.15) is 42.4 Å². The van der Waals surface area contributed by atoms with Crippen LogP contribution in [0.2, 0.25) is 0 Å². The maximum Gasteiger partial charge on any atom is 0.335 e. The van der Waals surface area contributed by atoms with E-state index in [0.717, 1.165) is 31.2 Å². The van der Waals surface area contributed by atoms with E-state index >= 15 is 0 Å². The highest BCUT2D eigenvalue weighted by Crippen LogP contribution is 2.17. The van der Waals surface area contributed by atoms with Gasteiger partial charge in [0.05, 0.1) is 5.56 Å². The maximum absolute atomic E-state index is 10.7. The third-order valence-corrected chi connectivity index (χ3v) is 2.85. The second-order valence-corrected chi connectivity index (χ2v) is 4.35. The van der Waals surface area contributed by atoms with Crippen molar-refractivity contribution in [3.63, 3.8) is 0 Å². The topological polar surface area (TPSA) is 76.2 Å². The van der Waals surface area contributed by atoms with Crippen LogP contribution in [-0.4, -0.2) is 21.2 Å². The molecule has 1 N–H and O–H groups in total. The summed E-state index contributed by atoms with van der Waals surface area (Å²) < 4.78 is 5.17. The number of aromatic carboxylic acids is 1. The molecule has 1 heterocycles. The smallest absolute Gasteiger partial charge is 0.335 e. The molecule has 19 heavy (non-hydrogen) atoms. The number of aryl methyl sites for hydroxylation is 1.